The molecule has 3 unspecified atom stereocenters. The Balaban J connectivity index is 2.04. The normalized spacial score (nSPS) is 40.4. The van der Waals surface area contributed by atoms with E-state index in [2.05, 4.69) is 11.8 Å². The van der Waals surface area contributed by atoms with Crippen LogP contribution in [0.1, 0.15) is 26.2 Å². The summed E-state index contributed by atoms with van der Waals surface area (Å²) >= 11 is 0. The van der Waals surface area contributed by atoms with Crippen molar-refractivity contribution in [1.29, 1.82) is 0 Å². The summed E-state index contributed by atoms with van der Waals surface area (Å²) in [5, 5.41) is 0. The quantitative estimate of drug-likeness (QED) is 0.797. The summed E-state index contributed by atoms with van der Waals surface area (Å²) in [6, 6.07) is 0. The lowest BCUT2D eigenvalue weighted by atomic mass is 9.85. The van der Waals surface area contributed by atoms with Crippen LogP contribution < -0.4 is 5.73 Å². The minimum Gasteiger partial charge on any atom is -0.380 e. The predicted molar refractivity (Wildman–Crippen MR) is 68.0 cm³/mol. The van der Waals surface area contributed by atoms with Crippen molar-refractivity contribution in [2.45, 2.75) is 37.8 Å². The van der Waals surface area contributed by atoms with Gasteiger partial charge in [0.2, 0.25) is 0 Å². The van der Waals surface area contributed by atoms with Gasteiger partial charge < -0.3 is 15.2 Å². The van der Waals surface area contributed by atoms with Gasteiger partial charge in [-0.25, -0.2) is 0 Å². The van der Waals surface area contributed by atoms with Gasteiger partial charge in [-0.2, -0.15) is 0 Å². The average molecular weight is 242 g/mol. The molecule has 0 aliphatic carbocycles. The van der Waals surface area contributed by atoms with Crippen molar-refractivity contribution in [2.75, 3.05) is 40.0 Å². The zero-order valence-electron chi connectivity index (χ0n) is 11.2. The lowest BCUT2D eigenvalue weighted by molar-refractivity contribution is -0.0916. The van der Waals surface area contributed by atoms with Crippen LogP contribution in [-0.4, -0.2) is 56.5 Å². The average Bonchev–Trinajstić information content (AvgIpc) is 2.40. The molecule has 2 rings (SSSR count). The van der Waals surface area contributed by atoms with E-state index in [4.69, 9.17) is 15.2 Å². The highest BCUT2D eigenvalue weighted by Crippen LogP contribution is 2.30. The molecular weight excluding hydrogens is 216 g/mol. The van der Waals surface area contributed by atoms with Crippen LogP contribution in [0.5, 0.6) is 0 Å². The number of likely N-dealkylation sites (tertiary alicyclic amines) is 1. The summed E-state index contributed by atoms with van der Waals surface area (Å²) in [6.07, 6.45) is 3.82. The maximum Gasteiger partial charge on any atom is 0.0724 e. The van der Waals surface area contributed by atoms with Gasteiger partial charge in [0.1, 0.15) is 0 Å². The van der Waals surface area contributed by atoms with Gasteiger partial charge in [0.15, 0.2) is 0 Å². The maximum absolute atomic E-state index is 6.03. The molecule has 2 heterocycles. The van der Waals surface area contributed by atoms with Crippen LogP contribution in [0.3, 0.4) is 0 Å². The van der Waals surface area contributed by atoms with Gasteiger partial charge in [0.05, 0.1) is 18.2 Å². The van der Waals surface area contributed by atoms with Gasteiger partial charge in [0, 0.05) is 26.8 Å². The second kappa shape index (κ2) is 5.65. The minimum atomic E-state index is 0.0647. The van der Waals surface area contributed by atoms with Crippen LogP contribution in [0.25, 0.3) is 0 Å². The lowest BCUT2D eigenvalue weighted by Crippen LogP contribution is -2.62. The van der Waals surface area contributed by atoms with Gasteiger partial charge in [-0.1, -0.05) is 6.92 Å². The molecule has 4 heteroatoms. The third kappa shape index (κ3) is 2.65. The third-order valence-corrected chi connectivity index (χ3v) is 4.54. The SMILES string of the molecule is COC1CN(C2(CN)CCCOC2)CCC1C. The van der Waals surface area contributed by atoms with E-state index in [9.17, 15) is 0 Å². The van der Waals surface area contributed by atoms with Crippen molar-refractivity contribution in [3.05, 3.63) is 0 Å². The largest absolute Gasteiger partial charge is 0.380 e. The van der Waals surface area contributed by atoms with Crippen molar-refractivity contribution < 1.29 is 9.47 Å². The van der Waals surface area contributed by atoms with Gasteiger partial charge in [-0.05, 0) is 31.7 Å². The van der Waals surface area contributed by atoms with E-state index < -0.39 is 0 Å². The molecule has 3 atom stereocenters. The predicted octanol–water partition coefficient (Wildman–Crippen LogP) is 0.851. The van der Waals surface area contributed by atoms with Gasteiger partial charge in [0.25, 0.3) is 0 Å². The van der Waals surface area contributed by atoms with Crippen LogP contribution in [-0.2, 0) is 9.47 Å². The van der Waals surface area contributed by atoms with Crippen LogP contribution in [0.2, 0.25) is 0 Å². The number of nitrogens with two attached hydrogens (primary N) is 1. The molecule has 2 saturated heterocycles. The second-order valence-corrected chi connectivity index (χ2v) is 5.57. The lowest BCUT2D eigenvalue weighted by Gasteiger charge is -2.49. The van der Waals surface area contributed by atoms with Crippen molar-refractivity contribution in [3.63, 3.8) is 0 Å². The zero-order valence-corrected chi connectivity index (χ0v) is 11.2. The number of hydrogen-bond acceptors (Lipinski definition) is 4. The number of hydrogen-bond donors (Lipinski definition) is 1. The molecule has 0 amide bonds. The molecule has 2 N–H and O–H groups in total. The van der Waals surface area contributed by atoms with Crippen molar-refractivity contribution in [1.82, 2.24) is 4.90 Å². The summed E-state index contributed by atoms with van der Waals surface area (Å²) in [7, 11) is 1.82. The fourth-order valence-corrected chi connectivity index (χ4v) is 3.15. The number of nitrogens with zero attached hydrogens (tertiary/aromatic N) is 1. The van der Waals surface area contributed by atoms with E-state index in [0.717, 1.165) is 39.1 Å². The molecule has 2 fully saturated rings. The molecule has 2 aliphatic rings. The van der Waals surface area contributed by atoms with Crippen LogP contribution in [0.15, 0.2) is 0 Å². The minimum absolute atomic E-state index is 0.0647. The molecule has 0 spiro atoms. The number of piperidine rings is 1. The molecule has 4 nitrogen and oxygen atoms in total. The Hall–Kier alpha value is -0.160. The fraction of sp³-hybridized carbons (Fsp3) is 1.00. The van der Waals surface area contributed by atoms with Crippen LogP contribution in [0, 0.1) is 5.92 Å². The molecular formula is C13H26N2O2. The van der Waals surface area contributed by atoms with E-state index >= 15 is 0 Å². The Morgan fingerprint density at radius 2 is 2.35 bits per heavy atom. The molecule has 0 radical (unpaired) electrons. The Morgan fingerprint density at radius 1 is 1.53 bits per heavy atom. The molecule has 0 aromatic heterocycles. The summed E-state index contributed by atoms with van der Waals surface area (Å²) in [5.74, 6) is 0.649. The molecule has 17 heavy (non-hydrogen) atoms. The van der Waals surface area contributed by atoms with Gasteiger partial charge >= 0.3 is 0 Å². The molecule has 100 valence electrons. The van der Waals surface area contributed by atoms with Crippen molar-refractivity contribution in [3.8, 4) is 0 Å². The number of ether oxygens (including phenoxy) is 2. The molecule has 2 aliphatic heterocycles. The zero-order chi connectivity index (χ0) is 12.3. The summed E-state index contributed by atoms with van der Waals surface area (Å²) in [4.78, 5) is 2.51. The first-order chi connectivity index (χ1) is 8.22. The van der Waals surface area contributed by atoms with E-state index in [1.807, 2.05) is 7.11 Å². The van der Waals surface area contributed by atoms with Crippen molar-refractivity contribution in [2.24, 2.45) is 11.7 Å². The van der Waals surface area contributed by atoms with Gasteiger partial charge in [-0.15, -0.1) is 0 Å². The fourth-order valence-electron chi connectivity index (χ4n) is 3.15. The highest BCUT2D eigenvalue weighted by molar-refractivity contribution is 4.97. The molecule has 0 aromatic rings. The number of methoxy groups -OCH3 is 1. The summed E-state index contributed by atoms with van der Waals surface area (Å²) in [5.41, 5.74) is 6.09. The topological polar surface area (TPSA) is 47.7 Å². The van der Waals surface area contributed by atoms with E-state index in [0.29, 0.717) is 18.6 Å². The highest BCUT2D eigenvalue weighted by atomic mass is 16.5. The first kappa shape index (κ1) is 13.3. The standard InChI is InChI=1S/C13H26N2O2/c1-11-4-6-15(8-12(11)16-2)13(9-14)5-3-7-17-10-13/h11-12H,3-10,14H2,1-2H3. The number of rotatable bonds is 3. The first-order valence-corrected chi connectivity index (χ1v) is 6.77. The van der Waals surface area contributed by atoms with E-state index in [1.54, 1.807) is 0 Å². The summed E-state index contributed by atoms with van der Waals surface area (Å²) < 4.78 is 11.3. The molecule has 0 saturated carbocycles. The van der Waals surface area contributed by atoms with Crippen LogP contribution >= 0.6 is 0 Å². The van der Waals surface area contributed by atoms with Crippen LogP contribution in [0.4, 0.5) is 0 Å². The highest BCUT2D eigenvalue weighted by Gasteiger charge is 2.41. The smallest absolute Gasteiger partial charge is 0.0724 e. The Morgan fingerprint density at radius 3 is 2.94 bits per heavy atom. The summed E-state index contributed by atoms with van der Waals surface area (Å²) in [6.45, 7) is 6.77. The van der Waals surface area contributed by atoms with E-state index in [1.165, 1.54) is 6.42 Å². The Bertz CT molecular complexity index is 242. The van der Waals surface area contributed by atoms with Gasteiger partial charge in [-0.3, -0.25) is 4.90 Å². The maximum atomic E-state index is 6.03. The molecule has 0 aromatic carbocycles. The second-order valence-electron chi connectivity index (χ2n) is 5.57. The third-order valence-electron chi connectivity index (χ3n) is 4.54. The van der Waals surface area contributed by atoms with E-state index in [-0.39, 0.29) is 5.54 Å². The van der Waals surface area contributed by atoms with Crippen molar-refractivity contribution >= 4 is 0 Å². The molecule has 0 bridgehead atoms. The Labute approximate surface area is 104 Å². The Kier molecular flexibility index (Phi) is 4.42. The first-order valence-electron chi connectivity index (χ1n) is 6.77. The monoisotopic (exact) mass is 242 g/mol.